The van der Waals surface area contributed by atoms with Crippen LogP contribution in [0.3, 0.4) is 0 Å². The highest BCUT2D eigenvalue weighted by Crippen LogP contribution is 2.18. The van der Waals surface area contributed by atoms with Crippen LogP contribution >= 0.6 is 0 Å². The van der Waals surface area contributed by atoms with Gasteiger partial charge >= 0.3 is 0 Å². The van der Waals surface area contributed by atoms with E-state index in [9.17, 15) is 14.7 Å². The van der Waals surface area contributed by atoms with Crippen molar-refractivity contribution in [3.63, 3.8) is 0 Å². The van der Waals surface area contributed by atoms with Crippen molar-refractivity contribution >= 4 is 11.8 Å². The van der Waals surface area contributed by atoms with E-state index in [-0.39, 0.29) is 36.4 Å². The first-order chi connectivity index (χ1) is 12.6. The summed E-state index contributed by atoms with van der Waals surface area (Å²) in [6.07, 6.45) is 0.933. The van der Waals surface area contributed by atoms with E-state index in [1.54, 1.807) is 4.90 Å². The molecule has 0 spiro atoms. The van der Waals surface area contributed by atoms with Gasteiger partial charge in [0.05, 0.1) is 6.10 Å². The normalized spacial score (nSPS) is 23.7. The fourth-order valence-corrected chi connectivity index (χ4v) is 3.45. The second-order valence-corrected chi connectivity index (χ2v) is 6.99. The van der Waals surface area contributed by atoms with Gasteiger partial charge in [0.25, 0.3) is 5.91 Å². The second kappa shape index (κ2) is 9.00. The average Bonchev–Trinajstić information content (AvgIpc) is 3.10. The molecule has 2 unspecified atom stereocenters. The zero-order chi connectivity index (χ0) is 18.4. The lowest BCUT2D eigenvalue weighted by Gasteiger charge is -2.31. The molecule has 1 aromatic carbocycles. The number of hydrogen-bond acceptors (Lipinski definition) is 5. The Kier molecular flexibility index (Phi) is 6.46. The Morgan fingerprint density at radius 1 is 1.19 bits per heavy atom. The minimum absolute atomic E-state index is 0.0213. The van der Waals surface area contributed by atoms with Crippen LogP contribution in [-0.2, 0) is 9.59 Å². The van der Waals surface area contributed by atoms with Gasteiger partial charge in [-0.3, -0.25) is 9.59 Å². The molecule has 2 amide bonds. The Morgan fingerprint density at radius 2 is 1.92 bits per heavy atom. The standard InChI is InChI=1S/C19H27N3O4/c23-17-12-20-10-15(17)11-21-19(25)14-6-8-22(9-7-14)18(24)13-26-16-4-2-1-3-5-16/h1-5,14-15,17,20,23H,6-13H2,(H,21,25). The molecule has 142 valence electrons. The van der Waals surface area contributed by atoms with Gasteiger partial charge in [-0.05, 0) is 25.0 Å². The molecule has 0 saturated carbocycles. The van der Waals surface area contributed by atoms with E-state index in [4.69, 9.17) is 4.74 Å². The highest BCUT2D eigenvalue weighted by molar-refractivity contribution is 5.80. The van der Waals surface area contributed by atoms with Gasteiger partial charge in [0.2, 0.25) is 5.91 Å². The van der Waals surface area contributed by atoms with E-state index < -0.39 is 0 Å². The number of β-amino-alcohol motifs (C(OH)–C–C–N with tert-alkyl or cyclic N) is 1. The topological polar surface area (TPSA) is 90.9 Å². The van der Waals surface area contributed by atoms with Crippen LogP contribution < -0.4 is 15.4 Å². The minimum atomic E-state index is -0.389. The Labute approximate surface area is 153 Å². The monoisotopic (exact) mass is 361 g/mol. The molecule has 2 atom stereocenters. The molecule has 2 saturated heterocycles. The number of piperidine rings is 1. The van der Waals surface area contributed by atoms with Crippen LogP contribution in [0.2, 0.25) is 0 Å². The number of likely N-dealkylation sites (tertiary alicyclic amines) is 1. The number of amides is 2. The van der Waals surface area contributed by atoms with Crippen molar-refractivity contribution in [3.05, 3.63) is 30.3 Å². The summed E-state index contributed by atoms with van der Waals surface area (Å²) in [5.74, 6) is 0.666. The Morgan fingerprint density at radius 3 is 2.58 bits per heavy atom. The lowest BCUT2D eigenvalue weighted by molar-refractivity contribution is -0.137. The van der Waals surface area contributed by atoms with Crippen molar-refractivity contribution in [3.8, 4) is 5.75 Å². The molecule has 0 bridgehead atoms. The number of rotatable bonds is 6. The maximum atomic E-state index is 12.3. The summed E-state index contributed by atoms with van der Waals surface area (Å²) in [4.78, 5) is 26.3. The lowest BCUT2D eigenvalue weighted by atomic mass is 9.95. The largest absolute Gasteiger partial charge is 0.484 e. The zero-order valence-corrected chi connectivity index (χ0v) is 14.9. The first-order valence-electron chi connectivity index (χ1n) is 9.25. The third kappa shape index (κ3) is 4.95. The smallest absolute Gasteiger partial charge is 0.260 e. The number of carbonyl (C=O) groups is 2. The molecule has 2 aliphatic rings. The van der Waals surface area contributed by atoms with Crippen molar-refractivity contribution in [2.75, 3.05) is 39.3 Å². The average molecular weight is 361 g/mol. The molecule has 1 aromatic rings. The summed E-state index contributed by atoms with van der Waals surface area (Å²) in [7, 11) is 0. The van der Waals surface area contributed by atoms with Gasteiger partial charge in [0.1, 0.15) is 5.75 Å². The van der Waals surface area contributed by atoms with Crippen molar-refractivity contribution in [2.24, 2.45) is 11.8 Å². The van der Waals surface area contributed by atoms with Crippen LogP contribution in [0.1, 0.15) is 12.8 Å². The van der Waals surface area contributed by atoms with Gasteiger partial charge in [-0.25, -0.2) is 0 Å². The summed E-state index contributed by atoms with van der Waals surface area (Å²) in [5, 5.41) is 15.8. The van der Waals surface area contributed by atoms with Gasteiger partial charge in [0, 0.05) is 44.6 Å². The molecule has 0 radical (unpaired) electrons. The second-order valence-electron chi connectivity index (χ2n) is 6.99. The summed E-state index contributed by atoms with van der Waals surface area (Å²) in [5.41, 5.74) is 0. The number of hydrogen-bond donors (Lipinski definition) is 3. The molecule has 2 aliphatic heterocycles. The van der Waals surface area contributed by atoms with E-state index in [0.717, 1.165) is 6.54 Å². The predicted molar refractivity (Wildman–Crippen MR) is 96.6 cm³/mol. The Balaban J connectivity index is 1.36. The van der Waals surface area contributed by atoms with Gasteiger partial charge < -0.3 is 25.4 Å². The Bertz CT molecular complexity index is 602. The van der Waals surface area contributed by atoms with E-state index in [2.05, 4.69) is 10.6 Å². The minimum Gasteiger partial charge on any atom is -0.484 e. The third-order valence-electron chi connectivity index (χ3n) is 5.17. The van der Waals surface area contributed by atoms with Gasteiger partial charge in [-0.2, -0.15) is 0 Å². The van der Waals surface area contributed by atoms with Crippen LogP contribution in [0.5, 0.6) is 5.75 Å². The number of para-hydroxylation sites is 1. The van der Waals surface area contributed by atoms with E-state index in [1.165, 1.54) is 0 Å². The highest BCUT2D eigenvalue weighted by atomic mass is 16.5. The maximum absolute atomic E-state index is 12.3. The van der Waals surface area contributed by atoms with Gasteiger partial charge in [-0.1, -0.05) is 18.2 Å². The molecular formula is C19H27N3O4. The van der Waals surface area contributed by atoms with Crippen LogP contribution in [0.4, 0.5) is 0 Å². The van der Waals surface area contributed by atoms with Crippen LogP contribution in [0.25, 0.3) is 0 Å². The molecule has 26 heavy (non-hydrogen) atoms. The number of aliphatic hydroxyl groups excluding tert-OH is 1. The summed E-state index contributed by atoms with van der Waals surface area (Å²) in [6.45, 7) is 2.98. The number of aliphatic hydroxyl groups is 1. The predicted octanol–water partition coefficient (Wildman–Crippen LogP) is 0.000500. The third-order valence-corrected chi connectivity index (χ3v) is 5.17. The SMILES string of the molecule is O=C(NCC1CNCC1O)C1CCN(C(=O)COc2ccccc2)CC1. The van der Waals surface area contributed by atoms with Crippen molar-refractivity contribution in [1.82, 2.24) is 15.5 Å². The van der Waals surface area contributed by atoms with Crippen molar-refractivity contribution < 1.29 is 19.4 Å². The molecule has 7 heteroatoms. The molecule has 0 aliphatic carbocycles. The molecule has 2 heterocycles. The summed E-state index contributed by atoms with van der Waals surface area (Å²) < 4.78 is 5.50. The van der Waals surface area contributed by atoms with Crippen molar-refractivity contribution in [2.45, 2.75) is 18.9 Å². The van der Waals surface area contributed by atoms with E-state index >= 15 is 0 Å². The molecule has 2 fully saturated rings. The quantitative estimate of drug-likeness (QED) is 0.664. The fraction of sp³-hybridized carbons (Fsp3) is 0.579. The molecule has 0 aromatic heterocycles. The molecule has 7 nitrogen and oxygen atoms in total. The number of nitrogens with one attached hydrogen (secondary N) is 2. The van der Waals surface area contributed by atoms with Crippen molar-refractivity contribution in [1.29, 1.82) is 0 Å². The summed E-state index contributed by atoms with van der Waals surface area (Å²) in [6, 6.07) is 9.27. The summed E-state index contributed by atoms with van der Waals surface area (Å²) >= 11 is 0. The number of carbonyl (C=O) groups excluding carboxylic acids is 2. The van der Waals surface area contributed by atoms with Gasteiger partial charge in [0.15, 0.2) is 6.61 Å². The Hall–Kier alpha value is -2.12. The zero-order valence-electron chi connectivity index (χ0n) is 14.9. The highest BCUT2D eigenvalue weighted by Gasteiger charge is 2.29. The van der Waals surface area contributed by atoms with E-state index in [1.807, 2.05) is 30.3 Å². The molecular weight excluding hydrogens is 334 g/mol. The maximum Gasteiger partial charge on any atom is 0.260 e. The first-order valence-corrected chi connectivity index (χ1v) is 9.25. The molecule has 3 rings (SSSR count). The number of ether oxygens (including phenoxy) is 1. The van der Waals surface area contributed by atoms with Crippen LogP contribution in [-0.4, -0.2) is 67.3 Å². The first kappa shape index (κ1) is 18.7. The lowest BCUT2D eigenvalue weighted by Crippen LogP contribution is -2.45. The number of nitrogens with zero attached hydrogens (tertiary/aromatic N) is 1. The fourth-order valence-electron chi connectivity index (χ4n) is 3.45. The molecule has 3 N–H and O–H groups in total. The van der Waals surface area contributed by atoms with E-state index in [0.29, 0.717) is 44.8 Å². The van der Waals surface area contributed by atoms with Crippen LogP contribution in [0.15, 0.2) is 30.3 Å². The number of benzene rings is 1. The van der Waals surface area contributed by atoms with Crippen LogP contribution in [0, 0.1) is 11.8 Å². The van der Waals surface area contributed by atoms with Gasteiger partial charge in [-0.15, -0.1) is 0 Å².